The fourth-order valence-corrected chi connectivity index (χ4v) is 6.62. The molecule has 1 aromatic carbocycles. The molecule has 0 unspecified atom stereocenters. The lowest BCUT2D eigenvalue weighted by molar-refractivity contribution is -0.172. The van der Waals surface area contributed by atoms with Crippen LogP contribution in [0, 0.1) is 12.7 Å². The highest BCUT2D eigenvalue weighted by atomic mass is 19.1. The van der Waals surface area contributed by atoms with Gasteiger partial charge in [0.25, 0.3) is 5.56 Å². The number of aromatic nitrogens is 2. The van der Waals surface area contributed by atoms with Crippen LogP contribution in [0.4, 0.5) is 9.18 Å². The third kappa shape index (κ3) is 4.54. The molecule has 4 N–H and O–H groups in total. The summed E-state index contributed by atoms with van der Waals surface area (Å²) in [5.41, 5.74) is 2.05. The molecule has 2 aliphatic heterocycles. The van der Waals surface area contributed by atoms with Crippen LogP contribution in [0.1, 0.15) is 59.2 Å². The Hall–Kier alpha value is -4.36. The number of ether oxygens (including phenoxy) is 1. The van der Waals surface area contributed by atoms with E-state index in [1.165, 1.54) is 10.6 Å². The number of fused-ring (bicyclic) bond motifs is 5. The number of nitrogens with zero attached hydrogens (tertiary/aromatic N) is 3. The lowest BCUT2D eigenvalue weighted by Crippen LogP contribution is -2.44. The standard InChI is InChI=1S/C30H32FN5O7/c1-4-30(42)18-9-22-26-16(11-36(22)27(38)17(18)13-43-28(30)39)25-20(33-23(37)12-35(3)8-7-32-29(40)41)6-5-15-14(2)19(31)10-21(34-26)24(15)25/h9-10,20,32,42H,4-8,11-13H2,1-3H3,(H,33,37)(H,40,41)/t20-,30-/m0/s1. The van der Waals surface area contributed by atoms with E-state index in [0.717, 1.165) is 22.1 Å². The molecule has 43 heavy (non-hydrogen) atoms. The van der Waals surface area contributed by atoms with Gasteiger partial charge in [0.05, 0.1) is 41.6 Å². The molecule has 4 heterocycles. The van der Waals surface area contributed by atoms with Gasteiger partial charge in [0.2, 0.25) is 5.91 Å². The quantitative estimate of drug-likeness (QED) is 0.234. The van der Waals surface area contributed by atoms with Crippen molar-refractivity contribution in [2.24, 2.45) is 0 Å². The lowest BCUT2D eigenvalue weighted by atomic mass is 9.81. The molecule has 2 amide bonds. The fourth-order valence-electron chi connectivity index (χ4n) is 6.62. The van der Waals surface area contributed by atoms with Crippen molar-refractivity contribution in [2.75, 3.05) is 26.7 Å². The number of nitrogens with one attached hydrogen (secondary N) is 2. The zero-order valence-electron chi connectivity index (χ0n) is 24.0. The van der Waals surface area contributed by atoms with Gasteiger partial charge in [-0.1, -0.05) is 6.92 Å². The maximum absolute atomic E-state index is 15.1. The van der Waals surface area contributed by atoms with E-state index >= 15 is 4.39 Å². The van der Waals surface area contributed by atoms with Gasteiger partial charge in [0.1, 0.15) is 12.4 Å². The summed E-state index contributed by atoms with van der Waals surface area (Å²) in [4.78, 5) is 56.7. The van der Waals surface area contributed by atoms with Crippen LogP contribution in [-0.2, 0) is 39.5 Å². The third-order valence-electron chi connectivity index (χ3n) is 8.90. The molecule has 2 atom stereocenters. The Morgan fingerprint density at radius 1 is 1.26 bits per heavy atom. The Bertz CT molecular complexity index is 1790. The Morgan fingerprint density at radius 2 is 2.02 bits per heavy atom. The number of likely N-dealkylation sites (N-methyl/N-ethyl adjacent to an activating group) is 1. The first-order valence-electron chi connectivity index (χ1n) is 14.2. The Labute approximate surface area is 245 Å². The van der Waals surface area contributed by atoms with E-state index in [1.807, 2.05) is 0 Å². The Balaban J connectivity index is 1.45. The number of aryl methyl sites for hydroxylation is 1. The van der Waals surface area contributed by atoms with Crippen molar-refractivity contribution >= 4 is 28.9 Å². The van der Waals surface area contributed by atoms with Crippen LogP contribution in [0.5, 0.6) is 0 Å². The molecule has 3 aliphatic rings. The van der Waals surface area contributed by atoms with Gasteiger partial charge in [-0.05, 0) is 56.0 Å². The highest BCUT2D eigenvalue weighted by Gasteiger charge is 2.46. The molecule has 0 saturated heterocycles. The van der Waals surface area contributed by atoms with Crippen LogP contribution in [0.25, 0.3) is 22.3 Å². The molecule has 226 valence electrons. The van der Waals surface area contributed by atoms with E-state index in [1.54, 1.807) is 31.9 Å². The van der Waals surface area contributed by atoms with E-state index in [4.69, 9.17) is 14.8 Å². The first kappa shape index (κ1) is 28.7. The smallest absolute Gasteiger partial charge is 0.404 e. The van der Waals surface area contributed by atoms with Gasteiger partial charge in [0, 0.05) is 35.7 Å². The van der Waals surface area contributed by atoms with Crippen molar-refractivity contribution in [1.29, 1.82) is 0 Å². The van der Waals surface area contributed by atoms with E-state index in [2.05, 4.69) is 10.6 Å². The molecular formula is C30H32FN5O7. The van der Waals surface area contributed by atoms with Crippen molar-refractivity contribution in [3.63, 3.8) is 0 Å². The van der Waals surface area contributed by atoms with Crippen LogP contribution < -0.4 is 16.2 Å². The van der Waals surface area contributed by atoms with Gasteiger partial charge in [-0.25, -0.2) is 19.0 Å². The van der Waals surface area contributed by atoms with Gasteiger partial charge in [-0.2, -0.15) is 0 Å². The zero-order valence-corrected chi connectivity index (χ0v) is 24.0. The van der Waals surface area contributed by atoms with Crippen molar-refractivity contribution in [3.05, 3.63) is 61.7 Å². The molecule has 0 radical (unpaired) electrons. The molecule has 0 saturated carbocycles. The fraction of sp³-hybridized carbons (Fsp3) is 0.433. The van der Waals surface area contributed by atoms with Crippen molar-refractivity contribution < 1.29 is 33.7 Å². The van der Waals surface area contributed by atoms with Gasteiger partial charge in [-0.15, -0.1) is 0 Å². The first-order valence-corrected chi connectivity index (χ1v) is 14.2. The molecule has 0 spiro atoms. The number of hydrogen-bond acceptors (Lipinski definition) is 8. The number of carboxylic acid groups (broad SMARTS) is 1. The molecule has 3 aromatic rings. The summed E-state index contributed by atoms with van der Waals surface area (Å²) in [6, 6.07) is 2.52. The Morgan fingerprint density at radius 3 is 2.74 bits per heavy atom. The zero-order chi connectivity index (χ0) is 30.8. The van der Waals surface area contributed by atoms with E-state index < -0.39 is 35.1 Å². The number of carbonyl (C=O) groups is 3. The number of pyridine rings is 2. The van der Waals surface area contributed by atoms with Gasteiger partial charge >= 0.3 is 12.1 Å². The number of rotatable bonds is 7. The number of benzene rings is 1. The van der Waals surface area contributed by atoms with E-state index in [9.17, 15) is 24.3 Å². The normalized spacial score (nSPS) is 20.0. The molecule has 2 aromatic heterocycles. The highest BCUT2D eigenvalue weighted by Crippen LogP contribution is 2.45. The number of aliphatic hydroxyl groups is 1. The number of amides is 2. The number of carbonyl (C=O) groups excluding carboxylic acids is 2. The second-order valence-corrected chi connectivity index (χ2v) is 11.4. The molecule has 0 fully saturated rings. The predicted molar refractivity (Wildman–Crippen MR) is 152 cm³/mol. The van der Waals surface area contributed by atoms with Crippen molar-refractivity contribution in [1.82, 2.24) is 25.1 Å². The first-order chi connectivity index (χ1) is 20.4. The van der Waals surface area contributed by atoms with E-state index in [0.29, 0.717) is 41.9 Å². The van der Waals surface area contributed by atoms with Gasteiger partial charge in [0.15, 0.2) is 5.60 Å². The van der Waals surface area contributed by atoms with Gasteiger partial charge < -0.3 is 30.2 Å². The average Bonchev–Trinajstić information content (AvgIpc) is 3.32. The summed E-state index contributed by atoms with van der Waals surface area (Å²) in [7, 11) is 1.71. The second-order valence-electron chi connectivity index (χ2n) is 11.4. The average molecular weight is 594 g/mol. The molecular weight excluding hydrogens is 561 g/mol. The van der Waals surface area contributed by atoms with E-state index in [-0.39, 0.29) is 49.7 Å². The summed E-state index contributed by atoms with van der Waals surface area (Å²) in [6.07, 6.45) is -0.117. The minimum Gasteiger partial charge on any atom is -0.465 e. The number of cyclic esters (lactones) is 1. The second kappa shape index (κ2) is 10.4. The highest BCUT2D eigenvalue weighted by molar-refractivity contribution is 5.94. The predicted octanol–water partition coefficient (Wildman–Crippen LogP) is 1.83. The largest absolute Gasteiger partial charge is 0.465 e. The SMILES string of the molecule is CC[C@@]1(O)C(=O)OCc2c1cc1n(c2=O)Cc2c-1nc1cc(F)c(C)c3c1c2[C@@H](NC(=O)CN(C)CCNC(=O)O)CC3. The van der Waals surface area contributed by atoms with Crippen LogP contribution in [0.2, 0.25) is 0 Å². The number of halogens is 1. The summed E-state index contributed by atoms with van der Waals surface area (Å²) in [6.45, 7) is 3.77. The van der Waals surface area contributed by atoms with Crippen molar-refractivity contribution in [3.8, 4) is 11.4 Å². The molecule has 1 aliphatic carbocycles. The third-order valence-corrected chi connectivity index (χ3v) is 8.90. The summed E-state index contributed by atoms with van der Waals surface area (Å²) < 4.78 is 21.8. The molecule has 13 heteroatoms. The Kier molecular flexibility index (Phi) is 6.97. The monoisotopic (exact) mass is 593 g/mol. The summed E-state index contributed by atoms with van der Waals surface area (Å²) >= 11 is 0. The topological polar surface area (TPSA) is 163 Å². The molecule has 0 bridgehead atoms. The maximum Gasteiger partial charge on any atom is 0.404 e. The summed E-state index contributed by atoms with van der Waals surface area (Å²) in [5.74, 6) is -1.49. The van der Waals surface area contributed by atoms with Gasteiger partial charge in [-0.3, -0.25) is 14.5 Å². The maximum atomic E-state index is 15.1. The number of hydrogen-bond donors (Lipinski definition) is 4. The van der Waals surface area contributed by atoms with Crippen LogP contribution in [0.15, 0.2) is 16.9 Å². The van der Waals surface area contributed by atoms with Crippen molar-refractivity contribution in [2.45, 2.75) is 57.9 Å². The molecule has 12 nitrogen and oxygen atoms in total. The lowest BCUT2D eigenvalue weighted by Gasteiger charge is -2.31. The van der Waals surface area contributed by atoms with Crippen LogP contribution >= 0.6 is 0 Å². The van der Waals surface area contributed by atoms with Crippen LogP contribution in [-0.4, -0.2) is 69.3 Å². The number of esters is 1. The minimum absolute atomic E-state index is 0.00769. The minimum atomic E-state index is -1.98. The van der Waals surface area contributed by atoms with Crippen LogP contribution in [0.3, 0.4) is 0 Å². The molecule has 6 rings (SSSR count). The summed E-state index contributed by atoms with van der Waals surface area (Å²) in [5, 5.41) is 26.1.